The Labute approximate surface area is 146 Å². The van der Waals surface area contributed by atoms with Crippen molar-refractivity contribution in [2.24, 2.45) is 0 Å². The predicted octanol–water partition coefficient (Wildman–Crippen LogP) is 6.32. The molecule has 25 heavy (non-hydrogen) atoms. The first-order valence-electron chi connectivity index (χ1n) is 8.34. The smallest absolute Gasteiger partial charge is 0.123 e. The van der Waals surface area contributed by atoms with Crippen molar-refractivity contribution < 1.29 is 4.39 Å². The highest BCUT2D eigenvalue weighted by Gasteiger charge is 2.11. The molecule has 122 valence electrons. The van der Waals surface area contributed by atoms with E-state index in [-0.39, 0.29) is 5.82 Å². The molecule has 0 atom stereocenters. The number of fused-ring (bicyclic) bond motifs is 1. The Kier molecular flexibility index (Phi) is 3.81. The van der Waals surface area contributed by atoms with E-state index in [4.69, 9.17) is 4.98 Å². The third-order valence-corrected chi connectivity index (χ3v) is 4.45. The molecule has 2 heteroatoms. The molecule has 0 spiro atoms. The van der Waals surface area contributed by atoms with Crippen molar-refractivity contribution in [1.29, 1.82) is 0 Å². The van der Waals surface area contributed by atoms with Gasteiger partial charge in [0.1, 0.15) is 5.82 Å². The van der Waals surface area contributed by atoms with E-state index < -0.39 is 0 Å². The number of nitrogens with zero attached hydrogens (tertiary/aromatic N) is 1. The average molecular weight is 327 g/mol. The van der Waals surface area contributed by atoms with Gasteiger partial charge in [-0.15, -0.1) is 0 Å². The maximum absolute atomic E-state index is 13.3. The molecule has 1 nitrogen and oxygen atoms in total. The lowest BCUT2D eigenvalue weighted by Crippen LogP contribution is -1.91. The summed E-state index contributed by atoms with van der Waals surface area (Å²) < 4.78 is 13.3. The SMILES string of the molecule is Cc1cc(C)cc(-c2ncc(-c3ccc(F)cc3)c3ccccc23)c1. The molecule has 4 rings (SSSR count). The summed E-state index contributed by atoms with van der Waals surface area (Å²) in [5.41, 5.74) is 6.54. The summed E-state index contributed by atoms with van der Waals surface area (Å²) in [6, 6.07) is 21.3. The summed E-state index contributed by atoms with van der Waals surface area (Å²) in [6.45, 7) is 4.21. The Morgan fingerprint density at radius 1 is 0.720 bits per heavy atom. The van der Waals surface area contributed by atoms with Gasteiger partial charge in [0.2, 0.25) is 0 Å². The molecule has 0 saturated carbocycles. The standard InChI is InChI=1S/C23H18FN/c1-15-11-16(2)13-18(12-15)23-21-6-4-3-5-20(21)22(14-25-23)17-7-9-19(24)10-8-17/h3-14H,1-2H3. The lowest BCUT2D eigenvalue weighted by atomic mass is 9.96. The first kappa shape index (κ1) is 15.5. The highest BCUT2D eigenvalue weighted by Crippen LogP contribution is 2.34. The van der Waals surface area contributed by atoms with Crippen LogP contribution in [0.15, 0.2) is 72.9 Å². The van der Waals surface area contributed by atoms with Crippen LogP contribution in [0.4, 0.5) is 4.39 Å². The quantitative estimate of drug-likeness (QED) is 0.419. The lowest BCUT2D eigenvalue weighted by Gasteiger charge is -2.12. The van der Waals surface area contributed by atoms with Gasteiger partial charge in [-0.05, 0) is 49.1 Å². The first-order chi connectivity index (χ1) is 12.1. The van der Waals surface area contributed by atoms with Gasteiger partial charge in [0.25, 0.3) is 0 Å². The first-order valence-corrected chi connectivity index (χ1v) is 8.34. The minimum atomic E-state index is -0.229. The summed E-state index contributed by atoms with van der Waals surface area (Å²) in [7, 11) is 0. The molecule has 4 aromatic rings. The monoisotopic (exact) mass is 327 g/mol. The van der Waals surface area contributed by atoms with Crippen molar-refractivity contribution >= 4 is 10.8 Å². The summed E-state index contributed by atoms with van der Waals surface area (Å²) in [5.74, 6) is -0.229. The van der Waals surface area contributed by atoms with Crippen LogP contribution in [0.1, 0.15) is 11.1 Å². The minimum Gasteiger partial charge on any atom is -0.255 e. The van der Waals surface area contributed by atoms with E-state index in [1.807, 2.05) is 18.3 Å². The maximum atomic E-state index is 13.3. The summed E-state index contributed by atoms with van der Waals surface area (Å²) in [5, 5.41) is 2.23. The average Bonchev–Trinajstić information content (AvgIpc) is 2.61. The fourth-order valence-corrected chi connectivity index (χ4v) is 3.39. The van der Waals surface area contributed by atoms with Crippen LogP contribution in [-0.4, -0.2) is 4.98 Å². The zero-order valence-electron chi connectivity index (χ0n) is 14.3. The second kappa shape index (κ2) is 6.14. The van der Waals surface area contributed by atoms with Crippen LogP contribution < -0.4 is 0 Å². The third kappa shape index (κ3) is 2.91. The molecule has 0 aliphatic heterocycles. The Hall–Kier alpha value is -3.00. The van der Waals surface area contributed by atoms with E-state index >= 15 is 0 Å². The largest absolute Gasteiger partial charge is 0.255 e. The molecule has 0 N–H and O–H groups in total. The van der Waals surface area contributed by atoms with Crippen molar-refractivity contribution in [3.63, 3.8) is 0 Å². The molecule has 0 unspecified atom stereocenters. The zero-order valence-corrected chi connectivity index (χ0v) is 14.3. The van der Waals surface area contributed by atoms with Crippen molar-refractivity contribution in [3.05, 3.63) is 89.9 Å². The van der Waals surface area contributed by atoms with Gasteiger partial charge in [0.05, 0.1) is 5.69 Å². The fourth-order valence-electron chi connectivity index (χ4n) is 3.39. The molecule has 0 radical (unpaired) electrons. The Bertz CT molecular complexity index is 1040. The van der Waals surface area contributed by atoms with Crippen LogP contribution >= 0.6 is 0 Å². The van der Waals surface area contributed by atoms with Gasteiger partial charge in [-0.2, -0.15) is 0 Å². The molecular weight excluding hydrogens is 309 g/mol. The van der Waals surface area contributed by atoms with Crippen LogP contribution in [0, 0.1) is 19.7 Å². The third-order valence-electron chi connectivity index (χ3n) is 4.45. The molecule has 1 heterocycles. The maximum Gasteiger partial charge on any atom is 0.123 e. The lowest BCUT2D eigenvalue weighted by molar-refractivity contribution is 0.628. The molecule has 1 aromatic heterocycles. The zero-order chi connectivity index (χ0) is 17.4. The summed E-state index contributed by atoms with van der Waals surface area (Å²) >= 11 is 0. The van der Waals surface area contributed by atoms with Gasteiger partial charge in [-0.1, -0.05) is 53.6 Å². The highest BCUT2D eigenvalue weighted by molar-refractivity contribution is 6.03. The normalized spacial score (nSPS) is 11.0. The molecule has 0 amide bonds. The number of benzene rings is 3. The molecule has 0 bridgehead atoms. The van der Waals surface area contributed by atoms with E-state index in [0.29, 0.717) is 0 Å². The van der Waals surface area contributed by atoms with Gasteiger partial charge in [-0.3, -0.25) is 4.98 Å². The van der Waals surface area contributed by atoms with Crippen molar-refractivity contribution in [3.8, 4) is 22.4 Å². The fraction of sp³-hybridized carbons (Fsp3) is 0.0870. The number of halogens is 1. The van der Waals surface area contributed by atoms with Crippen molar-refractivity contribution in [1.82, 2.24) is 4.98 Å². The second-order valence-corrected chi connectivity index (χ2v) is 6.45. The van der Waals surface area contributed by atoms with E-state index in [1.165, 1.54) is 23.3 Å². The van der Waals surface area contributed by atoms with Crippen molar-refractivity contribution in [2.75, 3.05) is 0 Å². The van der Waals surface area contributed by atoms with E-state index in [9.17, 15) is 4.39 Å². The number of rotatable bonds is 2. The molecule has 3 aromatic carbocycles. The van der Waals surface area contributed by atoms with Gasteiger partial charge in [0.15, 0.2) is 0 Å². The van der Waals surface area contributed by atoms with Crippen LogP contribution in [0.3, 0.4) is 0 Å². The molecule has 0 saturated heterocycles. The van der Waals surface area contributed by atoms with Crippen LogP contribution in [0.2, 0.25) is 0 Å². The Balaban J connectivity index is 1.97. The second-order valence-electron chi connectivity index (χ2n) is 6.45. The molecular formula is C23H18FN. The van der Waals surface area contributed by atoms with Crippen LogP contribution in [0.5, 0.6) is 0 Å². The minimum absolute atomic E-state index is 0.229. The molecule has 0 aliphatic carbocycles. The summed E-state index contributed by atoms with van der Waals surface area (Å²) in [4.78, 5) is 4.76. The molecule has 0 aliphatic rings. The predicted molar refractivity (Wildman–Crippen MR) is 102 cm³/mol. The Morgan fingerprint density at radius 2 is 1.36 bits per heavy atom. The van der Waals surface area contributed by atoms with E-state index in [2.05, 4.69) is 44.2 Å². The Morgan fingerprint density at radius 3 is 2.04 bits per heavy atom. The van der Waals surface area contributed by atoms with Crippen molar-refractivity contribution in [2.45, 2.75) is 13.8 Å². The van der Waals surface area contributed by atoms with Gasteiger partial charge < -0.3 is 0 Å². The number of aromatic nitrogens is 1. The van der Waals surface area contributed by atoms with Crippen LogP contribution in [0.25, 0.3) is 33.2 Å². The van der Waals surface area contributed by atoms with Crippen LogP contribution in [-0.2, 0) is 0 Å². The summed E-state index contributed by atoms with van der Waals surface area (Å²) in [6.07, 6.45) is 1.89. The van der Waals surface area contributed by atoms with Gasteiger partial charge in [-0.25, -0.2) is 4.39 Å². The number of hydrogen-bond donors (Lipinski definition) is 0. The molecule has 0 fully saturated rings. The van der Waals surface area contributed by atoms with E-state index in [1.54, 1.807) is 12.1 Å². The van der Waals surface area contributed by atoms with E-state index in [0.717, 1.165) is 33.2 Å². The number of aryl methyl sites for hydroxylation is 2. The number of hydrogen-bond acceptors (Lipinski definition) is 1. The van der Waals surface area contributed by atoms with Gasteiger partial charge >= 0.3 is 0 Å². The number of pyridine rings is 1. The van der Waals surface area contributed by atoms with Gasteiger partial charge in [0, 0.05) is 22.7 Å². The highest BCUT2D eigenvalue weighted by atomic mass is 19.1. The topological polar surface area (TPSA) is 12.9 Å².